The lowest BCUT2D eigenvalue weighted by atomic mass is 9.88. The second kappa shape index (κ2) is 11.1. The normalized spacial score (nSPS) is 14.6. The number of hydrogen-bond acceptors (Lipinski definition) is 3. The van der Waals surface area contributed by atoms with Crippen LogP contribution in [-0.2, 0) is 19.6 Å². The van der Waals surface area contributed by atoms with Crippen molar-refractivity contribution in [2.75, 3.05) is 6.54 Å². The van der Waals surface area contributed by atoms with Gasteiger partial charge >= 0.3 is 0 Å². The van der Waals surface area contributed by atoms with Crippen LogP contribution in [0.2, 0.25) is 0 Å². The van der Waals surface area contributed by atoms with Crippen molar-refractivity contribution in [3.05, 3.63) is 95.6 Å². The monoisotopic (exact) mass is 414 g/mol. The molecule has 31 heavy (non-hydrogen) atoms. The number of nitrogens with two attached hydrogens (primary N) is 1. The van der Waals surface area contributed by atoms with E-state index in [2.05, 4.69) is 47.4 Å². The molecule has 0 aromatic heterocycles. The van der Waals surface area contributed by atoms with Gasteiger partial charge in [0, 0.05) is 26.2 Å². The third-order valence-electron chi connectivity index (χ3n) is 6.19. The first-order valence-electron chi connectivity index (χ1n) is 11.6. The van der Waals surface area contributed by atoms with Gasteiger partial charge in [-0.3, -0.25) is 4.90 Å². The molecule has 3 aromatic carbocycles. The second-order valence-corrected chi connectivity index (χ2v) is 8.76. The van der Waals surface area contributed by atoms with Gasteiger partial charge in [0.1, 0.15) is 11.5 Å². The van der Waals surface area contributed by atoms with Crippen molar-refractivity contribution >= 4 is 0 Å². The zero-order valence-corrected chi connectivity index (χ0v) is 18.4. The molecule has 3 heteroatoms. The molecule has 0 atom stereocenters. The van der Waals surface area contributed by atoms with Crippen LogP contribution in [0.4, 0.5) is 0 Å². The van der Waals surface area contributed by atoms with Crippen LogP contribution in [0.5, 0.6) is 11.5 Å². The molecule has 0 aliphatic heterocycles. The second-order valence-electron chi connectivity index (χ2n) is 8.76. The Bertz CT molecular complexity index is 917. The molecule has 0 saturated heterocycles. The molecule has 0 bridgehead atoms. The predicted octanol–water partition coefficient (Wildman–Crippen LogP) is 6.52. The van der Waals surface area contributed by atoms with E-state index in [-0.39, 0.29) is 0 Å². The predicted molar refractivity (Wildman–Crippen MR) is 128 cm³/mol. The van der Waals surface area contributed by atoms with Crippen molar-refractivity contribution in [2.45, 2.75) is 51.7 Å². The Hall–Kier alpha value is -2.62. The van der Waals surface area contributed by atoms with Gasteiger partial charge < -0.3 is 10.5 Å². The van der Waals surface area contributed by atoms with E-state index in [9.17, 15) is 0 Å². The molecule has 162 valence electrons. The summed E-state index contributed by atoms with van der Waals surface area (Å²) < 4.78 is 6.06. The highest BCUT2D eigenvalue weighted by Crippen LogP contribution is 2.27. The Labute approximate surface area is 186 Å². The summed E-state index contributed by atoms with van der Waals surface area (Å²) in [4.78, 5) is 2.61. The van der Waals surface area contributed by atoms with E-state index < -0.39 is 0 Å². The minimum absolute atomic E-state index is 0.597. The highest BCUT2D eigenvalue weighted by atomic mass is 16.5. The van der Waals surface area contributed by atoms with Gasteiger partial charge in [-0.2, -0.15) is 0 Å². The van der Waals surface area contributed by atoms with Crippen LogP contribution in [0, 0.1) is 5.92 Å². The van der Waals surface area contributed by atoms with E-state index in [0.29, 0.717) is 6.54 Å². The van der Waals surface area contributed by atoms with E-state index in [1.54, 1.807) is 0 Å². The summed E-state index contributed by atoms with van der Waals surface area (Å²) in [5.74, 6) is 2.58. The smallest absolute Gasteiger partial charge is 0.127 e. The molecule has 0 radical (unpaired) electrons. The van der Waals surface area contributed by atoms with Crippen molar-refractivity contribution in [3.8, 4) is 11.5 Å². The van der Waals surface area contributed by atoms with Gasteiger partial charge in [-0.1, -0.05) is 73.9 Å². The van der Waals surface area contributed by atoms with Gasteiger partial charge in [0.15, 0.2) is 0 Å². The maximum absolute atomic E-state index is 6.06. The van der Waals surface area contributed by atoms with Gasteiger partial charge in [0.25, 0.3) is 0 Å². The van der Waals surface area contributed by atoms with Gasteiger partial charge in [0.05, 0.1) is 0 Å². The number of ether oxygens (including phenoxy) is 1. The first-order chi connectivity index (χ1) is 15.3. The van der Waals surface area contributed by atoms with Crippen molar-refractivity contribution in [2.24, 2.45) is 11.7 Å². The largest absolute Gasteiger partial charge is 0.457 e. The molecule has 3 nitrogen and oxygen atoms in total. The first kappa shape index (κ1) is 21.6. The van der Waals surface area contributed by atoms with Gasteiger partial charge in [-0.25, -0.2) is 0 Å². The third-order valence-corrected chi connectivity index (χ3v) is 6.19. The summed E-state index contributed by atoms with van der Waals surface area (Å²) in [6, 6.07) is 27.3. The number of nitrogens with zero attached hydrogens (tertiary/aromatic N) is 1. The molecule has 0 spiro atoms. The Kier molecular flexibility index (Phi) is 7.76. The standard InChI is InChI=1S/C28H34N2O/c29-19-23-14-16-25(17-15-23)21-30(20-24-8-3-1-4-9-24)22-26-10-7-13-28(18-26)31-27-11-5-2-6-12-27/h2,5-7,10-18,24H,1,3-4,8-9,19-22,29H2. The molecule has 3 aromatic rings. The Morgan fingerprint density at radius 3 is 2.13 bits per heavy atom. The molecular formula is C28H34N2O. The van der Waals surface area contributed by atoms with Crippen LogP contribution in [0.25, 0.3) is 0 Å². The topological polar surface area (TPSA) is 38.5 Å². The van der Waals surface area contributed by atoms with Gasteiger partial charge in [-0.15, -0.1) is 0 Å². The third kappa shape index (κ3) is 6.68. The molecular weight excluding hydrogens is 380 g/mol. The maximum atomic E-state index is 6.06. The lowest BCUT2D eigenvalue weighted by Crippen LogP contribution is -2.30. The Morgan fingerprint density at radius 1 is 0.710 bits per heavy atom. The fourth-order valence-corrected chi connectivity index (χ4v) is 4.55. The van der Waals surface area contributed by atoms with Gasteiger partial charge in [0.2, 0.25) is 0 Å². The molecule has 0 amide bonds. The average molecular weight is 415 g/mol. The summed E-state index contributed by atoms with van der Waals surface area (Å²) in [6.45, 7) is 3.65. The number of hydrogen-bond donors (Lipinski definition) is 1. The molecule has 1 fully saturated rings. The molecule has 0 unspecified atom stereocenters. The van der Waals surface area contributed by atoms with Gasteiger partial charge in [-0.05, 0) is 59.7 Å². The molecule has 2 N–H and O–H groups in total. The van der Waals surface area contributed by atoms with Crippen LogP contribution in [-0.4, -0.2) is 11.4 Å². The lowest BCUT2D eigenvalue weighted by molar-refractivity contribution is 0.187. The van der Waals surface area contributed by atoms with E-state index in [4.69, 9.17) is 10.5 Å². The quantitative estimate of drug-likeness (QED) is 0.433. The summed E-state index contributed by atoms with van der Waals surface area (Å²) in [7, 11) is 0. The number of benzene rings is 3. The van der Waals surface area contributed by atoms with Crippen molar-refractivity contribution in [1.82, 2.24) is 4.90 Å². The highest BCUT2D eigenvalue weighted by Gasteiger charge is 2.18. The first-order valence-corrected chi connectivity index (χ1v) is 11.6. The Morgan fingerprint density at radius 2 is 1.39 bits per heavy atom. The van der Waals surface area contributed by atoms with Crippen LogP contribution < -0.4 is 10.5 Å². The maximum Gasteiger partial charge on any atom is 0.127 e. The fourth-order valence-electron chi connectivity index (χ4n) is 4.55. The molecule has 1 aliphatic rings. The molecule has 1 saturated carbocycles. The molecule has 4 rings (SSSR count). The zero-order valence-electron chi connectivity index (χ0n) is 18.4. The Balaban J connectivity index is 1.46. The minimum Gasteiger partial charge on any atom is -0.457 e. The number of para-hydroxylation sites is 1. The average Bonchev–Trinajstić information content (AvgIpc) is 2.81. The molecule has 1 aliphatic carbocycles. The van der Waals surface area contributed by atoms with E-state index >= 15 is 0 Å². The lowest BCUT2D eigenvalue weighted by Gasteiger charge is -2.30. The van der Waals surface area contributed by atoms with Crippen LogP contribution in [0.3, 0.4) is 0 Å². The van der Waals surface area contributed by atoms with Crippen molar-refractivity contribution in [3.63, 3.8) is 0 Å². The summed E-state index contributed by atoms with van der Waals surface area (Å²) >= 11 is 0. The van der Waals surface area contributed by atoms with Crippen LogP contribution >= 0.6 is 0 Å². The summed E-state index contributed by atoms with van der Waals surface area (Å²) in [6.07, 6.45) is 6.88. The van der Waals surface area contributed by atoms with E-state index in [1.807, 2.05) is 36.4 Å². The fraction of sp³-hybridized carbons (Fsp3) is 0.357. The summed E-state index contributed by atoms with van der Waals surface area (Å²) in [5.41, 5.74) is 9.61. The van der Waals surface area contributed by atoms with E-state index in [0.717, 1.165) is 37.1 Å². The molecule has 0 heterocycles. The van der Waals surface area contributed by atoms with E-state index in [1.165, 1.54) is 48.8 Å². The van der Waals surface area contributed by atoms with Crippen LogP contribution in [0.15, 0.2) is 78.9 Å². The number of rotatable bonds is 9. The van der Waals surface area contributed by atoms with Crippen molar-refractivity contribution in [1.29, 1.82) is 0 Å². The SMILES string of the molecule is NCc1ccc(CN(Cc2cccc(Oc3ccccc3)c2)CC2CCCCC2)cc1. The zero-order chi connectivity index (χ0) is 21.3. The highest BCUT2D eigenvalue weighted by molar-refractivity contribution is 5.34. The van der Waals surface area contributed by atoms with Crippen LogP contribution in [0.1, 0.15) is 48.8 Å². The van der Waals surface area contributed by atoms with Crippen molar-refractivity contribution < 1.29 is 4.74 Å². The summed E-state index contributed by atoms with van der Waals surface area (Å²) in [5, 5.41) is 0. The minimum atomic E-state index is 0.597.